The maximum Gasteiger partial charge on any atom is 0.227 e. The molecule has 0 saturated heterocycles. The summed E-state index contributed by atoms with van der Waals surface area (Å²) in [5.41, 5.74) is -0.271. The zero-order valence-electron chi connectivity index (χ0n) is 6.44. The lowest BCUT2D eigenvalue weighted by molar-refractivity contribution is 0.805. The van der Waals surface area contributed by atoms with Crippen LogP contribution >= 0.6 is 11.6 Å². The minimum absolute atomic E-state index is 0.203. The monoisotopic (exact) mass is 196 g/mol. The van der Waals surface area contributed by atoms with Gasteiger partial charge in [-0.3, -0.25) is 9.89 Å². The van der Waals surface area contributed by atoms with E-state index >= 15 is 0 Å². The molecule has 66 valence electrons. The van der Waals surface area contributed by atoms with E-state index in [1.807, 2.05) is 0 Å². The van der Waals surface area contributed by atoms with Crippen LogP contribution in [0.1, 0.15) is 0 Å². The molecule has 2 aromatic rings. The highest BCUT2D eigenvalue weighted by Gasteiger charge is 2.03. The molecular weight excluding hydrogens is 192 g/mol. The van der Waals surface area contributed by atoms with Crippen LogP contribution in [0.2, 0.25) is 5.15 Å². The van der Waals surface area contributed by atoms with Crippen LogP contribution < -0.4 is 5.43 Å². The van der Waals surface area contributed by atoms with Crippen LogP contribution in [0.15, 0.2) is 29.3 Å². The van der Waals surface area contributed by atoms with Crippen molar-refractivity contribution in [2.75, 3.05) is 0 Å². The van der Waals surface area contributed by atoms with Crippen molar-refractivity contribution in [3.8, 4) is 5.82 Å². The van der Waals surface area contributed by atoms with Gasteiger partial charge in [-0.15, -0.1) is 0 Å². The number of aromatic nitrogens is 4. The molecule has 0 fully saturated rings. The second-order valence-electron chi connectivity index (χ2n) is 2.35. The van der Waals surface area contributed by atoms with E-state index in [1.54, 1.807) is 18.5 Å². The van der Waals surface area contributed by atoms with E-state index in [0.717, 1.165) is 0 Å². The van der Waals surface area contributed by atoms with Crippen molar-refractivity contribution in [1.82, 2.24) is 20.0 Å². The van der Waals surface area contributed by atoms with Gasteiger partial charge in [0.25, 0.3) is 0 Å². The number of halogens is 1. The Kier molecular flexibility index (Phi) is 1.86. The van der Waals surface area contributed by atoms with Gasteiger partial charge in [-0.25, -0.2) is 4.68 Å². The van der Waals surface area contributed by atoms with E-state index in [-0.39, 0.29) is 16.4 Å². The third kappa shape index (κ3) is 1.46. The van der Waals surface area contributed by atoms with Crippen LogP contribution in [0.4, 0.5) is 0 Å². The van der Waals surface area contributed by atoms with E-state index in [2.05, 4.69) is 15.3 Å². The van der Waals surface area contributed by atoms with Crippen LogP contribution in [0.5, 0.6) is 0 Å². The molecule has 0 unspecified atom stereocenters. The van der Waals surface area contributed by atoms with Gasteiger partial charge in [0, 0.05) is 18.5 Å². The van der Waals surface area contributed by atoms with E-state index in [1.165, 1.54) is 10.7 Å². The SMILES string of the molecule is O=c1cc(Cl)[nH]nc1-n1cccn1. The highest BCUT2D eigenvalue weighted by molar-refractivity contribution is 6.29. The molecule has 6 heteroatoms. The van der Waals surface area contributed by atoms with Crippen molar-refractivity contribution in [3.63, 3.8) is 0 Å². The quantitative estimate of drug-likeness (QED) is 0.727. The molecule has 2 heterocycles. The zero-order chi connectivity index (χ0) is 9.26. The van der Waals surface area contributed by atoms with Gasteiger partial charge in [0.15, 0.2) is 0 Å². The fourth-order valence-corrected chi connectivity index (χ4v) is 1.07. The zero-order valence-corrected chi connectivity index (χ0v) is 7.19. The molecule has 1 N–H and O–H groups in total. The summed E-state index contributed by atoms with van der Waals surface area (Å²) in [6, 6.07) is 2.96. The van der Waals surface area contributed by atoms with Gasteiger partial charge in [0.2, 0.25) is 11.2 Å². The van der Waals surface area contributed by atoms with Crippen LogP contribution in [0.25, 0.3) is 5.82 Å². The molecule has 0 aliphatic rings. The first-order valence-electron chi connectivity index (χ1n) is 3.52. The number of hydrogen-bond acceptors (Lipinski definition) is 3. The summed E-state index contributed by atoms with van der Waals surface area (Å²) in [5.74, 6) is 0.203. The maximum absolute atomic E-state index is 11.3. The van der Waals surface area contributed by atoms with Gasteiger partial charge in [-0.1, -0.05) is 11.6 Å². The second-order valence-corrected chi connectivity index (χ2v) is 2.76. The van der Waals surface area contributed by atoms with Crippen LogP contribution in [0, 0.1) is 0 Å². The predicted octanol–water partition coefficient (Wildman–Crippen LogP) is 0.609. The predicted molar refractivity (Wildman–Crippen MR) is 47.0 cm³/mol. The van der Waals surface area contributed by atoms with Crippen molar-refractivity contribution in [3.05, 3.63) is 39.9 Å². The lowest BCUT2D eigenvalue weighted by Gasteiger charge is -1.97. The number of nitrogens with zero attached hydrogens (tertiary/aromatic N) is 3. The third-order valence-electron chi connectivity index (χ3n) is 1.47. The third-order valence-corrected chi connectivity index (χ3v) is 1.66. The average Bonchev–Trinajstić information content (AvgIpc) is 2.56. The second kappa shape index (κ2) is 3.02. The first-order chi connectivity index (χ1) is 6.27. The average molecular weight is 197 g/mol. The highest BCUT2D eigenvalue weighted by atomic mass is 35.5. The Labute approximate surface area is 78.0 Å². The molecule has 0 aliphatic carbocycles. The Morgan fingerprint density at radius 3 is 3.00 bits per heavy atom. The van der Waals surface area contributed by atoms with Gasteiger partial charge in [-0.2, -0.15) is 10.2 Å². The maximum atomic E-state index is 11.3. The molecule has 2 rings (SSSR count). The molecule has 5 nitrogen and oxygen atoms in total. The Morgan fingerprint density at radius 2 is 2.38 bits per heavy atom. The lowest BCUT2D eigenvalue weighted by atomic mass is 10.5. The lowest BCUT2D eigenvalue weighted by Crippen LogP contribution is -2.14. The first-order valence-corrected chi connectivity index (χ1v) is 3.90. The number of hydrogen-bond donors (Lipinski definition) is 1. The van der Waals surface area contributed by atoms with E-state index < -0.39 is 0 Å². The molecule has 0 atom stereocenters. The van der Waals surface area contributed by atoms with E-state index in [4.69, 9.17) is 11.6 Å². The molecular formula is C7H5ClN4O. The minimum Gasteiger partial charge on any atom is -0.286 e. The van der Waals surface area contributed by atoms with Crippen LogP contribution in [-0.2, 0) is 0 Å². The Hall–Kier alpha value is -1.62. The number of rotatable bonds is 1. The van der Waals surface area contributed by atoms with Gasteiger partial charge in [-0.05, 0) is 6.07 Å². The minimum atomic E-state index is -0.271. The van der Waals surface area contributed by atoms with Crippen molar-refractivity contribution in [1.29, 1.82) is 0 Å². The Morgan fingerprint density at radius 1 is 1.54 bits per heavy atom. The van der Waals surface area contributed by atoms with Gasteiger partial charge in [0.1, 0.15) is 5.15 Å². The summed E-state index contributed by atoms with van der Waals surface area (Å²) in [6.45, 7) is 0. The van der Waals surface area contributed by atoms with Crippen molar-refractivity contribution < 1.29 is 0 Å². The summed E-state index contributed by atoms with van der Waals surface area (Å²) in [5, 5.41) is 10.3. The fraction of sp³-hybridized carbons (Fsp3) is 0. The topological polar surface area (TPSA) is 63.6 Å². The van der Waals surface area contributed by atoms with Gasteiger partial charge in [0.05, 0.1) is 0 Å². The molecule has 13 heavy (non-hydrogen) atoms. The van der Waals surface area contributed by atoms with Gasteiger partial charge < -0.3 is 0 Å². The number of nitrogens with one attached hydrogen (secondary N) is 1. The van der Waals surface area contributed by atoms with Gasteiger partial charge >= 0.3 is 0 Å². The highest BCUT2D eigenvalue weighted by Crippen LogP contribution is 1.99. The Bertz CT molecular complexity index is 462. The molecule has 0 spiro atoms. The Balaban J connectivity index is 2.60. The van der Waals surface area contributed by atoms with E-state index in [0.29, 0.717) is 0 Å². The van der Waals surface area contributed by atoms with Crippen molar-refractivity contribution in [2.45, 2.75) is 0 Å². The molecule has 0 radical (unpaired) electrons. The first kappa shape index (κ1) is 8.00. The fourth-order valence-electron chi connectivity index (χ4n) is 0.932. The van der Waals surface area contributed by atoms with Crippen LogP contribution in [0.3, 0.4) is 0 Å². The van der Waals surface area contributed by atoms with Crippen molar-refractivity contribution in [2.24, 2.45) is 0 Å². The van der Waals surface area contributed by atoms with Crippen molar-refractivity contribution >= 4 is 11.6 Å². The number of H-pyrrole nitrogens is 1. The molecule has 0 aliphatic heterocycles. The largest absolute Gasteiger partial charge is 0.286 e. The molecule has 0 aromatic carbocycles. The normalized spacial score (nSPS) is 10.2. The van der Waals surface area contributed by atoms with E-state index in [9.17, 15) is 4.79 Å². The standard InChI is InChI=1S/C7H5ClN4O/c8-6-4-5(13)7(11-10-6)12-3-1-2-9-12/h1-4H,(H,10,13). The summed E-state index contributed by atoms with van der Waals surface area (Å²) in [6.07, 6.45) is 3.20. The van der Waals surface area contributed by atoms with Crippen LogP contribution in [-0.4, -0.2) is 20.0 Å². The smallest absolute Gasteiger partial charge is 0.227 e. The molecule has 0 saturated carbocycles. The summed E-state index contributed by atoms with van der Waals surface area (Å²) in [7, 11) is 0. The number of aromatic amines is 1. The molecule has 0 amide bonds. The summed E-state index contributed by atoms with van der Waals surface area (Å²) in [4.78, 5) is 11.3. The molecule has 0 bridgehead atoms. The molecule has 2 aromatic heterocycles. The summed E-state index contributed by atoms with van der Waals surface area (Å²) >= 11 is 5.53. The summed E-state index contributed by atoms with van der Waals surface area (Å²) < 4.78 is 1.37.